The molecule has 0 radical (unpaired) electrons. The molecule has 6 rings (SSSR count). The van der Waals surface area contributed by atoms with Gasteiger partial charge in [0.25, 0.3) is 5.91 Å². The van der Waals surface area contributed by atoms with E-state index >= 15 is 0 Å². The summed E-state index contributed by atoms with van der Waals surface area (Å²) in [4.78, 5) is 35.0. The quantitative estimate of drug-likeness (QED) is 0.454. The summed E-state index contributed by atoms with van der Waals surface area (Å²) in [6.07, 6.45) is 7.01. The first kappa shape index (κ1) is 22.6. The Hall–Kier alpha value is -3.89. The van der Waals surface area contributed by atoms with Gasteiger partial charge in [0.15, 0.2) is 5.82 Å². The van der Waals surface area contributed by atoms with Gasteiger partial charge in [0.2, 0.25) is 11.9 Å². The number of hydrogen-bond donors (Lipinski definition) is 3. The molecule has 3 aromatic rings. The molecular formula is C25H30N8O3. The summed E-state index contributed by atoms with van der Waals surface area (Å²) in [7, 11) is 1.57. The summed E-state index contributed by atoms with van der Waals surface area (Å²) in [6.45, 7) is 2.25. The van der Waals surface area contributed by atoms with Crippen LogP contribution in [-0.4, -0.2) is 69.8 Å². The van der Waals surface area contributed by atoms with Crippen molar-refractivity contribution < 1.29 is 14.3 Å². The molecule has 2 saturated carbocycles. The summed E-state index contributed by atoms with van der Waals surface area (Å²) in [5.74, 6) is 1.77. The van der Waals surface area contributed by atoms with Crippen molar-refractivity contribution in [3.8, 4) is 5.75 Å². The molecule has 1 aliphatic heterocycles. The van der Waals surface area contributed by atoms with Crippen LogP contribution in [0.4, 0.5) is 11.8 Å². The molecule has 36 heavy (non-hydrogen) atoms. The molecule has 11 heteroatoms. The zero-order valence-corrected chi connectivity index (χ0v) is 20.3. The lowest BCUT2D eigenvalue weighted by molar-refractivity contribution is -0.123. The van der Waals surface area contributed by atoms with Gasteiger partial charge in [-0.25, -0.2) is 4.98 Å². The Bertz CT molecular complexity index is 1340. The number of anilines is 2. The molecule has 0 atom stereocenters. The van der Waals surface area contributed by atoms with Crippen LogP contribution in [0.5, 0.6) is 5.75 Å². The predicted molar refractivity (Wildman–Crippen MR) is 134 cm³/mol. The second kappa shape index (κ2) is 8.65. The number of piperazine rings is 1. The van der Waals surface area contributed by atoms with Crippen LogP contribution >= 0.6 is 0 Å². The maximum Gasteiger partial charge on any atom is 0.254 e. The van der Waals surface area contributed by atoms with E-state index in [0.717, 1.165) is 17.6 Å². The van der Waals surface area contributed by atoms with Crippen molar-refractivity contribution in [3.05, 3.63) is 35.5 Å². The third kappa shape index (κ3) is 4.18. The number of hydrogen-bond acceptors (Lipinski definition) is 8. The Kier molecular flexibility index (Phi) is 5.42. The number of rotatable bonds is 7. The minimum atomic E-state index is -0.196. The number of nitrogen functional groups attached to an aromatic ring is 1. The van der Waals surface area contributed by atoms with Crippen molar-refractivity contribution >= 4 is 34.6 Å². The second-order valence-corrected chi connectivity index (χ2v) is 10.2. The van der Waals surface area contributed by atoms with E-state index in [-0.39, 0.29) is 24.3 Å². The van der Waals surface area contributed by atoms with Crippen molar-refractivity contribution in [3.63, 3.8) is 0 Å². The molecule has 1 aromatic carbocycles. The maximum atomic E-state index is 12.9. The Morgan fingerprint density at radius 2 is 2.14 bits per heavy atom. The second-order valence-electron chi connectivity index (χ2n) is 10.2. The number of fused-ring (bicyclic) bond motifs is 1. The summed E-state index contributed by atoms with van der Waals surface area (Å²) in [5.41, 5.74) is 9.41. The normalized spacial score (nSPS) is 18.7. The minimum absolute atomic E-state index is 0.0585. The SMILES string of the molecule is COc1cc(C(=O)N2CCNC(=O)C2)ccc1Cn1ncc2nc(N)nc(NCC3CC4(CC4)C3)c21. The summed E-state index contributed by atoms with van der Waals surface area (Å²) < 4.78 is 7.45. The zero-order valence-electron chi connectivity index (χ0n) is 20.3. The zero-order chi connectivity index (χ0) is 24.9. The molecular weight excluding hydrogens is 460 g/mol. The Labute approximate surface area is 208 Å². The highest BCUT2D eigenvalue weighted by Crippen LogP contribution is 2.63. The molecule has 4 N–H and O–H groups in total. The molecule has 3 heterocycles. The van der Waals surface area contributed by atoms with Crippen molar-refractivity contribution in [1.82, 2.24) is 30.0 Å². The molecule has 11 nitrogen and oxygen atoms in total. The van der Waals surface area contributed by atoms with Crippen molar-refractivity contribution in [2.24, 2.45) is 11.3 Å². The topological polar surface area (TPSA) is 140 Å². The number of nitrogens with zero attached hydrogens (tertiary/aromatic N) is 5. The van der Waals surface area contributed by atoms with E-state index in [1.54, 1.807) is 30.3 Å². The standard InChI is InChI=1S/C25H30N8O3/c1-36-19-8-16(23(35)32-7-6-27-20(34)14-32)2-3-17(19)13-33-21-18(12-29-33)30-24(26)31-22(21)28-11-15-9-25(10-15)4-5-25/h2-3,8,12,15H,4-7,9-11,13-14H2,1H3,(H,27,34)(H3,26,28,30,31). The fraction of sp³-hybridized carbons (Fsp3) is 0.480. The average Bonchev–Trinajstić information content (AvgIpc) is 3.56. The largest absolute Gasteiger partial charge is 0.496 e. The van der Waals surface area contributed by atoms with Gasteiger partial charge in [0.1, 0.15) is 16.8 Å². The molecule has 2 aromatic heterocycles. The average molecular weight is 491 g/mol. The lowest BCUT2D eigenvalue weighted by Gasteiger charge is -2.36. The lowest BCUT2D eigenvalue weighted by Crippen LogP contribution is -2.49. The smallest absolute Gasteiger partial charge is 0.254 e. The number of carbonyl (C=O) groups is 2. The van der Waals surface area contributed by atoms with E-state index in [0.29, 0.717) is 53.6 Å². The first-order chi connectivity index (χ1) is 17.4. The number of aromatic nitrogens is 4. The molecule has 2 amide bonds. The minimum Gasteiger partial charge on any atom is -0.496 e. The van der Waals surface area contributed by atoms with Crippen LogP contribution < -0.4 is 21.1 Å². The van der Waals surface area contributed by atoms with E-state index in [9.17, 15) is 9.59 Å². The van der Waals surface area contributed by atoms with Crippen molar-refractivity contribution in [2.75, 3.05) is 44.3 Å². The number of benzene rings is 1. The molecule has 0 unspecified atom stereocenters. The predicted octanol–water partition coefficient (Wildman–Crippen LogP) is 1.64. The van der Waals surface area contributed by atoms with Gasteiger partial charge in [-0.1, -0.05) is 6.07 Å². The fourth-order valence-electron chi connectivity index (χ4n) is 5.56. The van der Waals surface area contributed by atoms with Crippen molar-refractivity contribution in [1.29, 1.82) is 0 Å². The van der Waals surface area contributed by atoms with Gasteiger partial charge in [-0.3, -0.25) is 14.3 Å². The molecule has 3 fully saturated rings. The molecule has 1 spiro atoms. The van der Waals surface area contributed by atoms with Crippen LogP contribution in [0.15, 0.2) is 24.4 Å². The lowest BCUT2D eigenvalue weighted by atomic mass is 9.72. The van der Waals surface area contributed by atoms with Gasteiger partial charge >= 0.3 is 0 Å². The number of carbonyl (C=O) groups excluding carboxylic acids is 2. The monoisotopic (exact) mass is 490 g/mol. The number of nitrogens with two attached hydrogens (primary N) is 1. The van der Waals surface area contributed by atoms with Crippen LogP contribution in [0.3, 0.4) is 0 Å². The third-order valence-electron chi connectivity index (χ3n) is 7.64. The van der Waals surface area contributed by atoms with Gasteiger partial charge in [-0.05, 0) is 49.1 Å². The summed E-state index contributed by atoms with van der Waals surface area (Å²) in [6, 6.07) is 5.34. The highest BCUT2D eigenvalue weighted by atomic mass is 16.5. The van der Waals surface area contributed by atoms with Crippen LogP contribution in [0.2, 0.25) is 0 Å². The van der Waals surface area contributed by atoms with E-state index in [1.807, 2.05) is 10.7 Å². The van der Waals surface area contributed by atoms with Gasteiger partial charge < -0.3 is 26.0 Å². The van der Waals surface area contributed by atoms with Gasteiger partial charge in [0.05, 0.1) is 26.4 Å². The van der Waals surface area contributed by atoms with Crippen molar-refractivity contribution in [2.45, 2.75) is 32.2 Å². The molecule has 1 saturated heterocycles. The van der Waals surface area contributed by atoms with Crippen LogP contribution in [0, 0.1) is 11.3 Å². The molecule has 2 aliphatic carbocycles. The Morgan fingerprint density at radius 1 is 1.31 bits per heavy atom. The van der Waals surface area contributed by atoms with Crippen LogP contribution in [0.25, 0.3) is 11.0 Å². The molecule has 188 valence electrons. The fourth-order valence-corrected chi connectivity index (χ4v) is 5.56. The van der Waals surface area contributed by atoms with Crippen LogP contribution in [0.1, 0.15) is 41.6 Å². The number of ether oxygens (including phenoxy) is 1. The molecule has 3 aliphatic rings. The van der Waals surface area contributed by atoms with E-state index in [1.165, 1.54) is 25.7 Å². The van der Waals surface area contributed by atoms with Crippen LogP contribution in [-0.2, 0) is 11.3 Å². The van der Waals surface area contributed by atoms with Gasteiger partial charge in [-0.15, -0.1) is 0 Å². The highest BCUT2D eigenvalue weighted by molar-refractivity contribution is 5.97. The number of amides is 2. The van der Waals surface area contributed by atoms with E-state index in [4.69, 9.17) is 10.5 Å². The highest BCUT2D eigenvalue weighted by Gasteiger charge is 2.52. The Morgan fingerprint density at radius 3 is 2.89 bits per heavy atom. The maximum absolute atomic E-state index is 12.9. The van der Waals surface area contributed by atoms with Gasteiger partial charge in [-0.2, -0.15) is 10.1 Å². The Balaban J connectivity index is 1.23. The third-order valence-corrected chi connectivity index (χ3v) is 7.64. The summed E-state index contributed by atoms with van der Waals surface area (Å²) >= 11 is 0. The number of methoxy groups -OCH3 is 1. The number of nitrogens with one attached hydrogen (secondary N) is 2. The first-order valence-corrected chi connectivity index (χ1v) is 12.4. The van der Waals surface area contributed by atoms with E-state index in [2.05, 4.69) is 25.7 Å². The van der Waals surface area contributed by atoms with E-state index < -0.39 is 0 Å². The first-order valence-electron chi connectivity index (χ1n) is 12.4. The summed E-state index contributed by atoms with van der Waals surface area (Å²) in [5, 5.41) is 10.8. The van der Waals surface area contributed by atoms with Gasteiger partial charge in [0, 0.05) is 30.8 Å². The molecule has 0 bridgehead atoms.